The van der Waals surface area contributed by atoms with E-state index in [1.54, 1.807) is 11.8 Å². The third-order valence-electron chi connectivity index (χ3n) is 4.01. The molecule has 0 spiro atoms. The molecular weight excluding hydrogens is 352 g/mol. The number of thioether (sulfide) groups is 2. The van der Waals surface area contributed by atoms with Gasteiger partial charge in [0, 0.05) is 28.1 Å². The summed E-state index contributed by atoms with van der Waals surface area (Å²) in [5.41, 5.74) is 5.36. The van der Waals surface area contributed by atoms with Crippen LogP contribution in [0.3, 0.4) is 0 Å². The summed E-state index contributed by atoms with van der Waals surface area (Å²) in [4.78, 5) is 17.3. The zero-order valence-electron chi connectivity index (χ0n) is 14.7. The van der Waals surface area contributed by atoms with Gasteiger partial charge in [-0.1, -0.05) is 30.0 Å². The summed E-state index contributed by atoms with van der Waals surface area (Å²) in [6.07, 6.45) is 2.78. The highest BCUT2D eigenvalue weighted by Gasteiger charge is 2.17. The standard InChI is InChI=1S/C18H20N4OS2/c1-10-6-5-7-13-16(10)19-12(3)14(17(13)24-4)8-11(2)21-22-18-20-15(23)9-25-18/h5-7H,8-9H2,1-4H3,(H,20,22,23). The number of hydrogen-bond acceptors (Lipinski definition) is 6. The largest absolute Gasteiger partial charge is 0.303 e. The molecule has 1 fully saturated rings. The monoisotopic (exact) mass is 372 g/mol. The van der Waals surface area contributed by atoms with Gasteiger partial charge in [-0.15, -0.1) is 16.9 Å². The number of amides is 1. The van der Waals surface area contributed by atoms with Crippen LogP contribution in [0.2, 0.25) is 0 Å². The molecule has 2 heterocycles. The summed E-state index contributed by atoms with van der Waals surface area (Å²) in [5, 5.41) is 12.9. The zero-order valence-corrected chi connectivity index (χ0v) is 16.3. The van der Waals surface area contributed by atoms with Crippen LogP contribution in [0, 0.1) is 13.8 Å². The van der Waals surface area contributed by atoms with Crippen molar-refractivity contribution in [1.82, 2.24) is 10.3 Å². The molecule has 1 aromatic heterocycles. The molecule has 1 aliphatic rings. The first-order chi connectivity index (χ1) is 12.0. The molecule has 7 heteroatoms. The van der Waals surface area contributed by atoms with Gasteiger partial charge in [0.15, 0.2) is 5.17 Å². The molecular formula is C18H20N4OS2. The number of hydrogen-bond donors (Lipinski definition) is 1. The minimum Gasteiger partial charge on any atom is -0.303 e. The Labute approximate surface area is 155 Å². The lowest BCUT2D eigenvalue weighted by Gasteiger charge is -2.14. The normalized spacial score (nSPS) is 16.7. The van der Waals surface area contributed by atoms with E-state index in [0.29, 0.717) is 17.3 Å². The fourth-order valence-electron chi connectivity index (χ4n) is 2.80. The fourth-order valence-corrected chi connectivity index (χ4v) is 4.27. The van der Waals surface area contributed by atoms with Crippen LogP contribution in [-0.2, 0) is 11.2 Å². The number of rotatable bonds is 4. The molecule has 0 radical (unpaired) electrons. The van der Waals surface area contributed by atoms with Crippen molar-refractivity contribution in [3.8, 4) is 0 Å². The van der Waals surface area contributed by atoms with Crippen LogP contribution in [0.1, 0.15) is 23.7 Å². The Morgan fingerprint density at radius 2 is 2.20 bits per heavy atom. The van der Waals surface area contributed by atoms with E-state index in [2.05, 4.69) is 46.9 Å². The summed E-state index contributed by atoms with van der Waals surface area (Å²) in [6.45, 7) is 6.09. The third kappa shape index (κ3) is 3.88. The number of benzene rings is 1. The fraction of sp³-hybridized carbons (Fsp3) is 0.333. The van der Waals surface area contributed by atoms with Crippen molar-refractivity contribution in [1.29, 1.82) is 0 Å². The number of para-hydroxylation sites is 1. The second-order valence-electron chi connectivity index (χ2n) is 5.93. The number of fused-ring (bicyclic) bond motifs is 1. The van der Waals surface area contributed by atoms with Gasteiger partial charge in [0.05, 0.1) is 11.3 Å². The predicted molar refractivity (Wildman–Crippen MR) is 108 cm³/mol. The Hall–Kier alpha value is -1.86. The van der Waals surface area contributed by atoms with Crippen molar-refractivity contribution in [3.05, 3.63) is 35.0 Å². The topological polar surface area (TPSA) is 66.7 Å². The number of carbonyl (C=O) groups excluding carboxylic acids is 1. The van der Waals surface area contributed by atoms with Gasteiger partial charge in [-0.2, -0.15) is 5.10 Å². The van der Waals surface area contributed by atoms with Gasteiger partial charge in [-0.25, -0.2) is 0 Å². The van der Waals surface area contributed by atoms with Crippen LogP contribution in [0.15, 0.2) is 33.3 Å². The van der Waals surface area contributed by atoms with Crippen molar-refractivity contribution in [2.45, 2.75) is 32.1 Å². The molecule has 5 nitrogen and oxygen atoms in total. The highest BCUT2D eigenvalue weighted by atomic mass is 32.2. The smallest absolute Gasteiger partial charge is 0.236 e. The zero-order chi connectivity index (χ0) is 18.0. The molecule has 1 saturated heterocycles. The van der Waals surface area contributed by atoms with Crippen molar-refractivity contribution >= 4 is 51.2 Å². The van der Waals surface area contributed by atoms with Gasteiger partial charge in [-0.3, -0.25) is 9.78 Å². The van der Waals surface area contributed by atoms with E-state index in [4.69, 9.17) is 4.98 Å². The van der Waals surface area contributed by atoms with E-state index < -0.39 is 0 Å². The minimum absolute atomic E-state index is 0.0220. The van der Waals surface area contributed by atoms with Crippen molar-refractivity contribution in [2.24, 2.45) is 10.2 Å². The highest BCUT2D eigenvalue weighted by molar-refractivity contribution is 8.15. The maximum atomic E-state index is 11.2. The van der Waals surface area contributed by atoms with Crippen LogP contribution >= 0.6 is 23.5 Å². The van der Waals surface area contributed by atoms with E-state index in [1.807, 2.05) is 13.8 Å². The summed E-state index contributed by atoms with van der Waals surface area (Å²) in [7, 11) is 0. The number of carbonyl (C=O) groups is 1. The number of amidine groups is 1. The molecule has 25 heavy (non-hydrogen) atoms. The number of pyridine rings is 1. The minimum atomic E-state index is -0.0220. The summed E-state index contributed by atoms with van der Waals surface area (Å²) >= 11 is 3.12. The van der Waals surface area contributed by atoms with E-state index in [0.717, 1.165) is 16.9 Å². The van der Waals surface area contributed by atoms with Gasteiger partial charge in [0.25, 0.3) is 0 Å². The van der Waals surface area contributed by atoms with Crippen molar-refractivity contribution in [3.63, 3.8) is 0 Å². The second-order valence-corrected chi connectivity index (χ2v) is 7.71. The number of aromatic nitrogens is 1. The van der Waals surface area contributed by atoms with Crippen LogP contribution in [0.25, 0.3) is 10.9 Å². The number of nitrogens with one attached hydrogen (secondary N) is 1. The average Bonchev–Trinajstić information content (AvgIpc) is 3.00. The molecule has 130 valence electrons. The van der Waals surface area contributed by atoms with Gasteiger partial charge >= 0.3 is 0 Å². The Morgan fingerprint density at radius 3 is 2.88 bits per heavy atom. The first kappa shape index (κ1) is 17.9. The molecule has 3 rings (SSSR count). The molecule has 0 atom stereocenters. The predicted octanol–water partition coefficient (Wildman–Crippen LogP) is 3.71. The first-order valence-electron chi connectivity index (χ1n) is 7.96. The van der Waals surface area contributed by atoms with Crippen LogP contribution in [0.4, 0.5) is 0 Å². The van der Waals surface area contributed by atoms with Gasteiger partial charge in [-0.05, 0) is 38.2 Å². The van der Waals surface area contributed by atoms with Crippen LogP contribution < -0.4 is 5.32 Å². The molecule has 0 bridgehead atoms. The maximum absolute atomic E-state index is 11.2. The SMILES string of the molecule is CSc1c(CC(C)=NN=C2NC(=O)CS2)c(C)nc2c(C)cccc12. The highest BCUT2D eigenvalue weighted by Crippen LogP contribution is 2.32. The summed E-state index contributed by atoms with van der Waals surface area (Å²) < 4.78 is 0. The van der Waals surface area contributed by atoms with Gasteiger partial charge in [0.2, 0.25) is 5.91 Å². The van der Waals surface area contributed by atoms with E-state index >= 15 is 0 Å². The average molecular weight is 373 g/mol. The summed E-state index contributed by atoms with van der Waals surface area (Å²) in [5.74, 6) is 0.392. The number of nitrogens with zero attached hydrogens (tertiary/aromatic N) is 3. The molecule has 1 aromatic carbocycles. The van der Waals surface area contributed by atoms with Crippen molar-refractivity contribution < 1.29 is 4.79 Å². The molecule has 0 unspecified atom stereocenters. The Kier molecular flexibility index (Phi) is 5.44. The van der Waals surface area contributed by atoms with Crippen LogP contribution in [-0.4, -0.2) is 33.8 Å². The lowest BCUT2D eigenvalue weighted by molar-refractivity contribution is -0.116. The van der Waals surface area contributed by atoms with E-state index in [-0.39, 0.29) is 5.91 Å². The van der Waals surface area contributed by atoms with Gasteiger partial charge < -0.3 is 5.32 Å². The second kappa shape index (κ2) is 7.58. The maximum Gasteiger partial charge on any atom is 0.236 e. The molecule has 1 aliphatic heterocycles. The molecule has 1 amide bonds. The Bertz CT molecular complexity index is 906. The lowest BCUT2D eigenvalue weighted by Crippen LogP contribution is -2.19. The van der Waals surface area contributed by atoms with Crippen molar-refractivity contribution in [2.75, 3.05) is 12.0 Å². The molecule has 1 N–H and O–H groups in total. The number of aryl methyl sites for hydroxylation is 2. The summed E-state index contributed by atoms with van der Waals surface area (Å²) in [6, 6.07) is 6.29. The van der Waals surface area contributed by atoms with Crippen LogP contribution in [0.5, 0.6) is 0 Å². The quantitative estimate of drug-likeness (QED) is 0.505. The molecule has 0 aliphatic carbocycles. The Balaban J connectivity index is 1.95. The van der Waals surface area contributed by atoms with E-state index in [1.165, 1.54) is 33.2 Å². The first-order valence-corrected chi connectivity index (χ1v) is 10.2. The van der Waals surface area contributed by atoms with Gasteiger partial charge in [0.1, 0.15) is 0 Å². The lowest BCUT2D eigenvalue weighted by atomic mass is 10.0. The third-order valence-corrected chi connectivity index (χ3v) is 5.75. The Morgan fingerprint density at radius 1 is 1.40 bits per heavy atom. The molecule has 2 aromatic rings. The molecule has 0 saturated carbocycles. The van der Waals surface area contributed by atoms with E-state index in [9.17, 15) is 4.79 Å².